The Morgan fingerprint density at radius 2 is 2.33 bits per heavy atom. The fourth-order valence-electron chi connectivity index (χ4n) is 2.16. The lowest BCUT2D eigenvalue weighted by molar-refractivity contribution is 0.244. The van der Waals surface area contributed by atoms with Crippen LogP contribution < -0.4 is 5.73 Å². The molecular formula is C11H13N5S2. The van der Waals surface area contributed by atoms with Gasteiger partial charge in [-0.05, 0) is 12.2 Å². The zero-order chi connectivity index (χ0) is 12.5. The summed E-state index contributed by atoms with van der Waals surface area (Å²) in [6.45, 7) is 2.80. The van der Waals surface area contributed by atoms with E-state index in [4.69, 9.17) is 18.0 Å². The topological polar surface area (TPSA) is 70.8 Å². The van der Waals surface area contributed by atoms with Gasteiger partial charge in [-0.3, -0.25) is 4.90 Å². The van der Waals surface area contributed by atoms with Crippen molar-refractivity contribution in [3.63, 3.8) is 0 Å². The van der Waals surface area contributed by atoms with Crippen molar-refractivity contribution in [2.75, 3.05) is 12.3 Å². The van der Waals surface area contributed by atoms with Gasteiger partial charge in [-0.1, -0.05) is 0 Å². The molecule has 0 atom stereocenters. The minimum Gasteiger partial charge on any atom is -0.375 e. The van der Waals surface area contributed by atoms with E-state index >= 15 is 0 Å². The Balaban J connectivity index is 1.75. The summed E-state index contributed by atoms with van der Waals surface area (Å²) in [5, 5.41) is 0.633. The number of hydrogen-bond acceptors (Lipinski definition) is 6. The van der Waals surface area contributed by atoms with Crippen LogP contribution in [0.4, 0.5) is 5.13 Å². The summed E-state index contributed by atoms with van der Waals surface area (Å²) in [7, 11) is 0. The van der Waals surface area contributed by atoms with Crippen LogP contribution in [0.25, 0.3) is 0 Å². The van der Waals surface area contributed by atoms with E-state index in [2.05, 4.69) is 19.9 Å². The van der Waals surface area contributed by atoms with Crippen molar-refractivity contribution in [2.45, 2.75) is 19.5 Å². The molecule has 3 heterocycles. The van der Waals surface area contributed by atoms with Crippen molar-refractivity contribution >= 4 is 28.7 Å². The normalized spacial score (nSPS) is 15.6. The number of hydrogen-bond donors (Lipinski definition) is 2. The fraction of sp³-hybridized carbons (Fsp3) is 0.364. The molecule has 0 aliphatic carbocycles. The van der Waals surface area contributed by atoms with Gasteiger partial charge in [0.1, 0.15) is 0 Å². The van der Waals surface area contributed by atoms with E-state index in [0.717, 1.165) is 26.1 Å². The molecule has 0 unspecified atom stereocenters. The number of thiazole rings is 1. The predicted molar refractivity (Wildman–Crippen MR) is 73.8 cm³/mol. The molecule has 7 heteroatoms. The maximum Gasteiger partial charge on any atom is 0.196 e. The lowest BCUT2D eigenvalue weighted by Crippen LogP contribution is -2.30. The first-order valence-electron chi connectivity index (χ1n) is 5.70. The maximum absolute atomic E-state index is 5.64. The molecule has 0 saturated carbocycles. The Hall–Kier alpha value is -1.31. The van der Waals surface area contributed by atoms with Crippen molar-refractivity contribution in [1.82, 2.24) is 19.9 Å². The van der Waals surface area contributed by atoms with Gasteiger partial charge in [0.25, 0.3) is 0 Å². The fourth-order valence-corrected chi connectivity index (χ4v) is 3.06. The molecule has 2 aromatic heterocycles. The first-order chi connectivity index (χ1) is 8.70. The Labute approximate surface area is 114 Å². The van der Waals surface area contributed by atoms with E-state index in [0.29, 0.717) is 9.90 Å². The van der Waals surface area contributed by atoms with Gasteiger partial charge in [0.15, 0.2) is 9.90 Å². The molecule has 0 amide bonds. The lowest BCUT2D eigenvalue weighted by atomic mass is 10.1. The van der Waals surface area contributed by atoms with E-state index in [1.54, 1.807) is 11.3 Å². The van der Waals surface area contributed by atoms with Crippen LogP contribution in [0.3, 0.4) is 0 Å². The van der Waals surface area contributed by atoms with Crippen molar-refractivity contribution < 1.29 is 0 Å². The summed E-state index contributed by atoms with van der Waals surface area (Å²) in [6, 6.07) is 0. The van der Waals surface area contributed by atoms with E-state index in [9.17, 15) is 0 Å². The minimum atomic E-state index is 0.567. The second kappa shape index (κ2) is 4.75. The van der Waals surface area contributed by atoms with Crippen LogP contribution in [0.1, 0.15) is 16.1 Å². The molecule has 2 aromatic rings. The molecule has 0 radical (unpaired) electrons. The van der Waals surface area contributed by atoms with Gasteiger partial charge >= 0.3 is 0 Å². The molecule has 3 N–H and O–H groups in total. The number of nitrogens with one attached hydrogen (secondary N) is 1. The zero-order valence-electron chi connectivity index (χ0n) is 9.72. The molecule has 5 nitrogen and oxygen atoms in total. The molecule has 0 spiro atoms. The SMILES string of the molecule is Nc1ncc(CN2CCc3[nH]c(=S)ncc3C2)s1. The number of nitrogens with zero attached hydrogens (tertiary/aromatic N) is 3. The van der Waals surface area contributed by atoms with E-state index in [1.807, 2.05) is 12.4 Å². The number of nitrogen functional groups attached to an aromatic ring is 1. The molecule has 0 fully saturated rings. The van der Waals surface area contributed by atoms with E-state index < -0.39 is 0 Å². The van der Waals surface area contributed by atoms with Crippen LogP contribution in [-0.4, -0.2) is 26.4 Å². The number of aromatic nitrogens is 3. The monoisotopic (exact) mass is 279 g/mol. The molecule has 0 bridgehead atoms. The standard InChI is InChI=1S/C11H13N5S2/c12-10-13-4-8(18-10)6-16-2-1-9-7(5-16)3-14-11(17)15-9/h3-4H,1-2,5-6H2,(H2,12,13)(H,14,15,17). The van der Waals surface area contributed by atoms with Gasteiger partial charge in [-0.25, -0.2) is 9.97 Å². The Morgan fingerprint density at radius 1 is 1.44 bits per heavy atom. The zero-order valence-corrected chi connectivity index (χ0v) is 11.4. The van der Waals surface area contributed by atoms with Crippen LogP contribution in [0.15, 0.2) is 12.4 Å². The first-order valence-corrected chi connectivity index (χ1v) is 6.93. The highest BCUT2D eigenvalue weighted by Gasteiger charge is 2.17. The Bertz CT molecular complexity index is 618. The van der Waals surface area contributed by atoms with Crippen molar-refractivity contribution in [3.05, 3.63) is 33.3 Å². The van der Waals surface area contributed by atoms with Crippen molar-refractivity contribution in [2.24, 2.45) is 0 Å². The molecule has 0 saturated heterocycles. The van der Waals surface area contributed by atoms with Gasteiger partial charge in [-0.2, -0.15) is 0 Å². The van der Waals surface area contributed by atoms with Crippen LogP contribution in [0.5, 0.6) is 0 Å². The van der Waals surface area contributed by atoms with Crippen molar-refractivity contribution in [1.29, 1.82) is 0 Å². The summed E-state index contributed by atoms with van der Waals surface area (Å²) in [5.41, 5.74) is 8.09. The minimum absolute atomic E-state index is 0.567. The van der Waals surface area contributed by atoms with Gasteiger partial charge in [0.2, 0.25) is 0 Å². The lowest BCUT2D eigenvalue weighted by Gasteiger charge is -2.27. The summed E-state index contributed by atoms with van der Waals surface area (Å²) in [6.07, 6.45) is 4.71. The smallest absolute Gasteiger partial charge is 0.196 e. The third kappa shape index (κ3) is 2.43. The average Bonchev–Trinajstić information content (AvgIpc) is 2.75. The molecule has 1 aliphatic rings. The highest BCUT2D eigenvalue weighted by atomic mass is 32.1. The average molecular weight is 279 g/mol. The molecular weight excluding hydrogens is 266 g/mol. The summed E-state index contributed by atoms with van der Waals surface area (Å²) >= 11 is 6.58. The molecule has 3 rings (SSSR count). The third-order valence-electron chi connectivity index (χ3n) is 3.01. The quantitative estimate of drug-likeness (QED) is 0.819. The highest BCUT2D eigenvalue weighted by Crippen LogP contribution is 2.21. The molecule has 94 valence electrons. The van der Waals surface area contributed by atoms with E-state index in [-0.39, 0.29) is 0 Å². The van der Waals surface area contributed by atoms with Crippen LogP contribution in [0, 0.1) is 4.77 Å². The van der Waals surface area contributed by atoms with Crippen molar-refractivity contribution in [3.8, 4) is 0 Å². The number of nitrogens with two attached hydrogens (primary N) is 1. The van der Waals surface area contributed by atoms with Gasteiger partial charge < -0.3 is 10.7 Å². The molecule has 1 aliphatic heterocycles. The Kier molecular flexibility index (Phi) is 3.11. The Morgan fingerprint density at radius 3 is 3.11 bits per heavy atom. The predicted octanol–water partition coefficient (Wildman–Crippen LogP) is 1.74. The number of anilines is 1. The third-order valence-corrected chi connectivity index (χ3v) is 4.02. The number of fused-ring (bicyclic) bond motifs is 1. The molecule has 18 heavy (non-hydrogen) atoms. The second-order valence-electron chi connectivity index (χ2n) is 4.32. The van der Waals surface area contributed by atoms with Gasteiger partial charge in [-0.15, -0.1) is 11.3 Å². The molecule has 0 aromatic carbocycles. The summed E-state index contributed by atoms with van der Waals surface area (Å²) in [5.74, 6) is 0. The van der Waals surface area contributed by atoms with Gasteiger partial charge in [0, 0.05) is 54.6 Å². The van der Waals surface area contributed by atoms with Crippen LogP contribution in [0.2, 0.25) is 0 Å². The van der Waals surface area contributed by atoms with Crippen LogP contribution in [-0.2, 0) is 19.5 Å². The summed E-state index contributed by atoms with van der Waals surface area (Å²) in [4.78, 5) is 15.0. The number of H-pyrrole nitrogens is 1. The number of rotatable bonds is 2. The van der Waals surface area contributed by atoms with Crippen LogP contribution >= 0.6 is 23.6 Å². The summed E-state index contributed by atoms with van der Waals surface area (Å²) < 4.78 is 0.567. The number of aromatic amines is 1. The van der Waals surface area contributed by atoms with Gasteiger partial charge in [0.05, 0.1) is 0 Å². The van der Waals surface area contributed by atoms with E-state index in [1.165, 1.54) is 16.1 Å². The highest BCUT2D eigenvalue weighted by molar-refractivity contribution is 7.71. The maximum atomic E-state index is 5.64. The second-order valence-corrected chi connectivity index (χ2v) is 5.85. The first kappa shape index (κ1) is 11.8. The largest absolute Gasteiger partial charge is 0.375 e.